The van der Waals surface area contributed by atoms with E-state index in [0.29, 0.717) is 0 Å². The second-order valence-corrected chi connectivity index (χ2v) is 4.37. The molecule has 1 aliphatic heterocycles. The zero-order valence-electron chi connectivity index (χ0n) is 9.83. The maximum absolute atomic E-state index is 12.1. The normalized spacial score (nSPS) is 21.2. The Bertz CT molecular complexity index is 352. The fourth-order valence-corrected chi connectivity index (χ4v) is 2.24. The van der Waals surface area contributed by atoms with E-state index in [9.17, 15) is 9.90 Å². The summed E-state index contributed by atoms with van der Waals surface area (Å²) in [5.74, 6) is 0.0106. The lowest BCUT2D eigenvalue weighted by Gasteiger charge is -2.28. The zero-order chi connectivity index (χ0) is 12.1. The summed E-state index contributed by atoms with van der Waals surface area (Å²) in [5, 5.41) is 16.8. The molecule has 6 heteroatoms. The van der Waals surface area contributed by atoms with Gasteiger partial charge < -0.3 is 10.0 Å². The smallest absolute Gasteiger partial charge is 0.244 e. The number of amides is 1. The largest absolute Gasteiger partial charge is 0.394 e. The van der Waals surface area contributed by atoms with Gasteiger partial charge >= 0.3 is 0 Å². The van der Waals surface area contributed by atoms with Crippen LogP contribution < -0.4 is 0 Å². The molecule has 94 valence electrons. The summed E-state index contributed by atoms with van der Waals surface area (Å²) in [6.45, 7) is 0.984. The first-order valence-electron chi connectivity index (χ1n) is 6.05. The van der Waals surface area contributed by atoms with E-state index in [-0.39, 0.29) is 25.1 Å². The third kappa shape index (κ3) is 3.03. The van der Waals surface area contributed by atoms with Gasteiger partial charge in [0.05, 0.1) is 18.8 Å². The Morgan fingerprint density at radius 1 is 1.41 bits per heavy atom. The van der Waals surface area contributed by atoms with Crippen molar-refractivity contribution in [2.45, 2.75) is 38.3 Å². The predicted octanol–water partition coefficient (Wildman–Crippen LogP) is 0.0416. The van der Waals surface area contributed by atoms with Crippen LogP contribution in [0, 0.1) is 0 Å². The lowest BCUT2D eigenvalue weighted by atomic mass is 10.1. The second-order valence-electron chi connectivity index (χ2n) is 4.37. The molecule has 0 radical (unpaired) electrons. The van der Waals surface area contributed by atoms with Crippen molar-refractivity contribution in [1.82, 2.24) is 19.9 Å². The van der Waals surface area contributed by atoms with Crippen LogP contribution >= 0.6 is 0 Å². The number of likely N-dealkylation sites (tertiary alicyclic amines) is 1. The summed E-state index contributed by atoms with van der Waals surface area (Å²) in [4.78, 5) is 13.9. The molecule has 1 N–H and O–H groups in total. The highest BCUT2D eigenvalue weighted by Crippen LogP contribution is 2.16. The zero-order valence-corrected chi connectivity index (χ0v) is 9.83. The molecule has 2 heterocycles. The van der Waals surface area contributed by atoms with Gasteiger partial charge in [0.1, 0.15) is 6.54 Å². The third-order valence-electron chi connectivity index (χ3n) is 3.18. The Morgan fingerprint density at radius 2 is 2.29 bits per heavy atom. The van der Waals surface area contributed by atoms with E-state index >= 15 is 0 Å². The first-order chi connectivity index (χ1) is 8.31. The standard InChI is InChI=1S/C11H18N4O2/c16-9-10-4-2-1-3-6-15(10)11(17)8-14-7-5-12-13-14/h5,7,10,16H,1-4,6,8-9H2. The molecule has 0 bridgehead atoms. The number of carbonyl (C=O) groups excluding carboxylic acids is 1. The SMILES string of the molecule is O=C(Cn1ccnn1)N1CCCCCC1CO. The van der Waals surface area contributed by atoms with Gasteiger partial charge in [0.25, 0.3) is 0 Å². The lowest BCUT2D eigenvalue weighted by molar-refractivity contribution is -0.135. The van der Waals surface area contributed by atoms with Crippen molar-refractivity contribution in [1.29, 1.82) is 0 Å². The summed E-state index contributed by atoms with van der Waals surface area (Å²) >= 11 is 0. The van der Waals surface area contributed by atoms with Crippen molar-refractivity contribution in [3.63, 3.8) is 0 Å². The molecule has 1 atom stereocenters. The Morgan fingerprint density at radius 3 is 3.00 bits per heavy atom. The molecule has 0 saturated carbocycles. The monoisotopic (exact) mass is 238 g/mol. The molecule has 0 aliphatic carbocycles. The minimum atomic E-state index is -0.0338. The van der Waals surface area contributed by atoms with E-state index < -0.39 is 0 Å². The molecule has 1 unspecified atom stereocenters. The van der Waals surface area contributed by atoms with Crippen molar-refractivity contribution in [3.8, 4) is 0 Å². The highest BCUT2D eigenvalue weighted by molar-refractivity contribution is 5.76. The first-order valence-corrected chi connectivity index (χ1v) is 6.05. The van der Waals surface area contributed by atoms with E-state index in [0.717, 1.165) is 32.2 Å². The third-order valence-corrected chi connectivity index (χ3v) is 3.18. The average Bonchev–Trinajstić information content (AvgIpc) is 2.71. The van der Waals surface area contributed by atoms with Gasteiger partial charge in [0.2, 0.25) is 5.91 Å². The Balaban J connectivity index is 2.00. The number of carbonyl (C=O) groups is 1. The molecule has 1 fully saturated rings. The van der Waals surface area contributed by atoms with Gasteiger partial charge in [0, 0.05) is 12.7 Å². The van der Waals surface area contributed by atoms with Crippen LogP contribution in [0.25, 0.3) is 0 Å². The first kappa shape index (κ1) is 12.0. The molecular formula is C11H18N4O2. The maximum atomic E-state index is 12.1. The highest BCUT2D eigenvalue weighted by atomic mass is 16.3. The van der Waals surface area contributed by atoms with Crippen LogP contribution in [-0.4, -0.2) is 50.1 Å². The Kier molecular flexibility index (Phi) is 4.08. The Hall–Kier alpha value is -1.43. The van der Waals surface area contributed by atoms with Gasteiger partial charge in [0.15, 0.2) is 0 Å². The molecular weight excluding hydrogens is 220 g/mol. The average molecular weight is 238 g/mol. The summed E-state index contributed by atoms with van der Waals surface area (Å²) in [5.41, 5.74) is 0. The molecule has 0 aromatic carbocycles. The van der Waals surface area contributed by atoms with Crippen molar-refractivity contribution >= 4 is 5.91 Å². The van der Waals surface area contributed by atoms with Crippen molar-refractivity contribution in [2.75, 3.05) is 13.2 Å². The number of aromatic nitrogens is 3. The van der Waals surface area contributed by atoms with Gasteiger partial charge in [-0.2, -0.15) is 0 Å². The molecule has 1 aliphatic rings. The van der Waals surface area contributed by atoms with Crippen LogP contribution in [0.15, 0.2) is 12.4 Å². The van der Waals surface area contributed by atoms with Gasteiger partial charge in [-0.25, -0.2) is 4.68 Å². The van der Waals surface area contributed by atoms with Crippen LogP contribution in [0.4, 0.5) is 0 Å². The lowest BCUT2D eigenvalue weighted by Crippen LogP contribution is -2.43. The van der Waals surface area contributed by atoms with Crippen LogP contribution in [0.1, 0.15) is 25.7 Å². The molecule has 17 heavy (non-hydrogen) atoms. The quantitative estimate of drug-likeness (QED) is 0.807. The van der Waals surface area contributed by atoms with E-state index in [4.69, 9.17) is 0 Å². The highest BCUT2D eigenvalue weighted by Gasteiger charge is 2.24. The second kappa shape index (κ2) is 5.77. The summed E-state index contributed by atoms with van der Waals surface area (Å²) in [6, 6.07) is -0.0338. The predicted molar refractivity (Wildman–Crippen MR) is 61.1 cm³/mol. The molecule has 6 nitrogen and oxygen atoms in total. The van der Waals surface area contributed by atoms with E-state index in [1.54, 1.807) is 17.3 Å². The van der Waals surface area contributed by atoms with Crippen LogP contribution in [0.5, 0.6) is 0 Å². The fourth-order valence-electron chi connectivity index (χ4n) is 2.24. The molecule has 2 rings (SSSR count). The molecule has 1 aromatic heterocycles. The van der Waals surface area contributed by atoms with Crippen molar-refractivity contribution in [3.05, 3.63) is 12.4 Å². The van der Waals surface area contributed by atoms with Gasteiger partial charge in [-0.05, 0) is 12.8 Å². The van der Waals surface area contributed by atoms with E-state index in [2.05, 4.69) is 10.3 Å². The van der Waals surface area contributed by atoms with Gasteiger partial charge in [-0.3, -0.25) is 4.79 Å². The number of hydrogen-bond acceptors (Lipinski definition) is 4. The molecule has 1 aromatic rings. The Labute approximate surface area is 100 Å². The van der Waals surface area contributed by atoms with Crippen LogP contribution in [0.3, 0.4) is 0 Å². The van der Waals surface area contributed by atoms with Gasteiger partial charge in [-0.15, -0.1) is 5.10 Å². The summed E-state index contributed by atoms with van der Waals surface area (Å²) < 4.78 is 1.52. The van der Waals surface area contributed by atoms with Crippen LogP contribution in [-0.2, 0) is 11.3 Å². The summed E-state index contributed by atoms with van der Waals surface area (Å²) in [6.07, 6.45) is 7.34. The van der Waals surface area contributed by atoms with Gasteiger partial charge in [-0.1, -0.05) is 18.1 Å². The number of aliphatic hydroxyl groups excluding tert-OH is 1. The number of nitrogens with zero attached hydrogens (tertiary/aromatic N) is 4. The maximum Gasteiger partial charge on any atom is 0.244 e. The fraction of sp³-hybridized carbons (Fsp3) is 0.727. The van der Waals surface area contributed by atoms with Crippen molar-refractivity contribution < 1.29 is 9.90 Å². The topological polar surface area (TPSA) is 71.2 Å². The van der Waals surface area contributed by atoms with E-state index in [1.165, 1.54) is 4.68 Å². The molecule has 0 spiro atoms. The molecule has 1 amide bonds. The number of hydrogen-bond donors (Lipinski definition) is 1. The molecule has 1 saturated heterocycles. The van der Waals surface area contributed by atoms with E-state index in [1.807, 2.05) is 0 Å². The summed E-state index contributed by atoms with van der Waals surface area (Å²) in [7, 11) is 0. The minimum Gasteiger partial charge on any atom is -0.394 e. The number of aliphatic hydroxyl groups is 1. The minimum absolute atomic E-state index is 0.0106. The van der Waals surface area contributed by atoms with Crippen LogP contribution in [0.2, 0.25) is 0 Å². The number of rotatable bonds is 3. The van der Waals surface area contributed by atoms with Crippen molar-refractivity contribution in [2.24, 2.45) is 0 Å².